The predicted octanol–water partition coefficient (Wildman–Crippen LogP) is 3.23. The van der Waals surface area contributed by atoms with Gasteiger partial charge < -0.3 is 10.1 Å². The number of anilines is 1. The van der Waals surface area contributed by atoms with Gasteiger partial charge in [-0.15, -0.1) is 0 Å². The summed E-state index contributed by atoms with van der Waals surface area (Å²) in [5, 5.41) is 4.02. The number of nitrogens with zero attached hydrogens (tertiary/aromatic N) is 2. The molecule has 0 aliphatic carbocycles. The fourth-order valence-corrected chi connectivity index (χ4v) is 2.10. The van der Waals surface area contributed by atoms with Crippen LogP contribution in [0.3, 0.4) is 0 Å². The number of ether oxygens (including phenoxy) is 1. The molecule has 0 radical (unpaired) electrons. The van der Waals surface area contributed by atoms with Gasteiger partial charge in [-0.1, -0.05) is 23.2 Å². The van der Waals surface area contributed by atoms with E-state index in [1.807, 2.05) is 0 Å². The second-order valence-corrected chi connectivity index (χ2v) is 4.65. The van der Waals surface area contributed by atoms with Gasteiger partial charge in [0.25, 0.3) is 0 Å². The lowest BCUT2D eigenvalue weighted by atomic mass is 10.3. The molecule has 102 valence electrons. The van der Waals surface area contributed by atoms with Crippen LogP contribution >= 0.6 is 23.2 Å². The van der Waals surface area contributed by atoms with E-state index < -0.39 is 6.09 Å². The Kier molecular flexibility index (Phi) is 4.50. The third-order valence-corrected chi connectivity index (χ3v) is 3.05. The van der Waals surface area contributed by atoms with Crippen molar-refractivity contribution in [1.82, 2.24) is 4.90 Å². The number of hydrogen-bond acceptors (Lipinski definition) is 4. The lowest BCUT2D eigenvalue weighted by molar-refractivity contribution is 0.130. The van der Waals surface area contributed by atoms with E-state index in [0.717, 1.165) is 0 Å². The number of benzene rings is 1. The fraction of sp³-hybridized carbons (Fsp3) is 0.333. The summed E-state index contributed by atoms with van der Waals surface area (Å²) >= 11 is 11.9. The van der Waals surface area contributed by atoms with Crippen molar-refractivity contribution in [3.63, 3.8) is 0 Å². The second-order valence-electron chi connectivity index (χ2n) is 3.81. The zero-order chi connectivity index (χ0) is 13.8. The Morgan fingerprint density at radius 2 is 2.32 bits per heavy atom. The Labute approximate surface area is 121 Å². The molecule has 0 saturated carbocycles. The van der Waals surface area contributed by atoms with Crippen molar-refractivity contribution >= 4 is 40.9 Å². The maximum absolute atomic E-state index is 11.7. The van der Waals surface area contributed by atoms with Gasteiger partial charge in [-0.25, -0.2) is 9.69 Å². The first kappa shape index (κ1) is 14.0. The van der Waals surface area contributed by atoms with E-state index in [4.69, 9.17) is 27.9 Å². The Morgan fingerprint density at radius 1 is 1.53 bits per heavy atom. The largest absolute Gasteiger partial charge is 0.449 e. The predicted molar refractivity (Wildman–Crippen MR) is 76.1 cm³/mol. The van der Waals surface area contributed by atoms with Gasteiger partial charge in [0.1, 0.15) is 0 Å². The number of carbonyl (C=O) groups is 1. The van der Waals surface area contributed by atoms with Gasteiger partial charge >= 0.3 is 6.09 Å². The molecule has 1 aliphatic heterocycles. The SMILES string of the molecule is CCOC(=O)N1CCN=C1Nc1ccc(Cl)cc1Cl. The molecule has 1 aromatic rings. The number of rotatable bonds is 2. The molecule has 1 amide bonds. The van der Waals surface area contributed by atoms with Gasteiger partial charge in [-0.2, -0.15) is 0 Å². The summed E-state index contributed by atoms with van der Waals surface area (Å²) in [5.41, 5.74) is 0.640. The lowest BCUT2D eigenvalue weighted by Gasteiger charge is -2.18. The first-order valence-corrected chi connectivity index (χ1v) is 6.58. The molecule has 1 aliphatic rings. The molecule has 1 N–H and O–H groups in total. The number of halogens is 2. The molecule has 0 unspecified atom stereocenters. The van der Waals surface area contributed by atoms with Crippen LogP contribution in [-0.2, 0) is 4.74 Å². The van der Waals surface area contributed by atoms with Crippen molar-refractivity contribution < 1.29 is 9.53 Å². The van der Waals surface area contributed by atoms with Crippen LogP contribution in [0.5, 0.6) is 0 Å². The summed E-state index contributed by atoms with van der Waals surface area (Å²) in [6.45, 7) is 3.11. The van der Waals surface area contributed by atoms with E-state index in [9.17, 15) is 4.79 Å². The first-order chi connectivity index (χ1) is 9.11. The summed E-state index contributed by atoms with van der Waals surface area (Å²) in [7, 11) is 0. The van der Waals surface area contributed by atoms with Gasteiger partial charge in [-0.05, 0) is 25.1 Å². The summed E-state index contributed by atoms with van der Waals surface area (Å²) < 4.78 is 4.96. The molecule has 0 spiro atoms. The Bertz CT molecular complexity index is 520. The number of aliphatic imine (C=N–C) groups is 1. The number of guanidine groups is 1. The van der Waals surface area contributed by atoms with E-state index in [1.165, 1.54) is 4.90 Å². The average molecular weight is 302 g/mol. The highest BCUT2D eigenvalue weighted by atomic mass is 35.5. The molecule has 1 aromatic carbocycles. The summed E-state index contributed by atoms with van der Waals surface area (Å²) in [5.74, 6) is 0.433. The molecule has 1 heterocycles. The molecule has 0 aromatic heterocycles. The van der Waals surface area contributed by atoms with Gasteiger partial charge in [0.15, 0.2) is 0 Å². The fourth-order valence-electron chi connectivity index (χ4n) is 1.64. The smallest absolute Gasteiger partial charge is 0.416 e. The second kappa shape index (κ2) is 6.12. The number of nitrogens with one attached hydrogen (secondary N) is 1. The van der Waals surface area contributed by atoms with E-state index in [1.54, 1.807) is 25.1 Å². The zero-order valence-electron chi connectivity index (χ0n) is 10.3. The molecular weight excluding hydrogens is 289 g/mol. The maximum Gasteiger partial charge on any atom is 0.416 e. The van der Waals surface area contributed by atoms with E-state index in [2.05, 4.69) is 10.3 Å². The third kappa shape index (κ3) is 3.30. The first-order valence-electron chi connectivity index (χ1n) is 5.82. The molecule has 0 bridgehead atoms. The van der Waals surface area contributed by atoms with Crippen molar-refractivity contribution in [3.8, 4) is 0 Å². The number of carbonyl (C=O) groups excluding carboxylic acids is 1. The highest BCUT2D eigenvalue weighted by Gasteiger charge is 2.25. The topological polar surface area (TPSA) is 53.9 Å². The van der Waals surface area contributed by atoms with Crippen LogP contribution in [0.15, 0.2) is 23.2 Å². The Morgan fingerprint density at radius 3 is 3.00 bits per heavy atom. The highest BCUT2D eigenvalue weighted by molar-refractivity contribution is 6.36. The molecule has 2 rings (SSSR count). The van der Waals surface area contributed by atoms with Crippen molar-refractivity contribution in [2.45, 2.75) is 6.92 Å². The van der Waals surface area contributed by atoms with E-state index in [0.29, 0.717) is 41.4 Å². The molecule has 5 nitrogen and oxygen atoms in total. The number of hydrogen-bond donors (Lipinski definition) is 1. The zero-order valence-corrected chi connectivity index (χ0v) is 11.8. The van der Waals surface area contributed by atoms with Crippen molar-refractivity contribution in [2.75, 3.05) is 25.0 Å². The highest BCUT2D eigenvalue weighted by Crippen LogP contribution is 2.26. The van der Waals surface area contributed by atoms with Crippen LogP contribution in [0, 0.1) is 0 Å². The average Bonchev–Trinajstić information content (AvgIpc) is 2.81. The Balaban J connectivity index is 2.11. The quantitative estimate of drug-likeness (QED) is 0.912. The van der Waals surface area contributed by atoms with Crippen LogP contribution in [-0.4, -0.2) is 36.6 Å². The van der Waals surface area contributed by atoms with Crippen LogP contribution < -0.4 is 5.32 Å². The molecule has 0 saturated heterocycles. The molecule has 19 heavy (non-hydrogen) atoms. The van der Waals surface area contributed by atoms with Gasteiger partial charge in [-0.3, -0.25) is 4.99 Å². The van der Waals surface area contributed by atoms with Crippen molar-refractivity contribution in [3.05, 3.63) is 28.2 Å². The minimum atomic E-state index is -0.420. The normalized spacial score (nSPS) is 14.3. The van der Waals surface area contributed by atoms with E-state index >= 15 is 0 Å². The maximum atomic E-state index is 11.7. The third-order valence-electron chi connectivity index (χ3n) is 2.51. The summed E-state index contributed by atoms with van der Waals surface area (Å²) in [4.78, 5) is 17.4. The van der Waals surface area contributed by atoms with Gasteiger partial charge in [0, 0.05) is 5.02 Å². The summed E-state index contributed by atoms with van der Waals surface area (Å²) in [6.07, 6.45) is -0.420. The van der Waals surface area contributed by atoms with Gasteiger partial charge in [0.05, 0.1) is 30.4 Å². The van der Waals surface area contributed by atoms with Crippen LogP contribution in [0.4, 0.5) is 10.5 Å². The van der Waals surface area contributed by atoms with Gasteiger partial charge in [0.2, 0.25) is 5.96 Å². The molecule has 0 atom stereocenters. The molecule has 0 fully saturated rings. The number of amides is 1. The summed E-state index contributed by atoms with van der Waals surface area (Å²) in [6, 6.07) is 5.06. The van der Waals surface area contributed by atoms with Crippen LogP contribution in [0.1, 0.15) is 6.92 Å². The lowest BCUT2D eigenvalue weighted by Crippen LogP contribution is -2.38. The Hall–Kier alpha value is -1.46. The van der Waals surface area contributed by atoms with Crippen LogP contribution in [0.2, 0.25) is 10.0 Å². The minimum absolute atomic E-state index is 0.324. The minimum Gasteiger partial charge on any atom is -0.449 e. The monoisotopic (exact) mass is 301 g/mol. The van der Waals surface area contributed by atoms with Crippen molar-refractivity contribution in [2.24, 2.45) is 4.99 Å². The van der Waals surface area contributed by atoms with Crippen molar-refractivity contribution in [1.29, 1.82) is 0 Å². The standard InChI is InChI=1S/C12H13Cl2N3O2/c1-2-19-12(18)17-6-5-15-11(17)16-10-4-3-8(13)7-9(10)14/h3-4,7H,2,5-6H2,1H3,(H,15,16). The molecule has 7 heteroatoms. The molecular formula is C12H13Cl2N3O2. The van der Waals surface area contributed by atoms with Crippen LogP contribution in [0.25, 0.3) is 0 Å². The van der Waals surface area contributed by atoms with E-state index in [-0.39, 0.29) is 0 Å².